The van der Waals surface area contributed by atoms with Crippen molar-refractivity contribution in [2.45, 2.75) is 84.0 Å². The number of hydrogen-bond acceptors (Lipinski definition) is 3. The first-order chi connectivity index (χ1) is 12.6. The lowest BCUT2D eigenvalue weighted by atomic mass is 9.77. The number of hydrogen-bond donors (Lipinski definition) is 0. The topological polar surface area (TPSA) is 43.4 Å². The van der Waals surface area contributed by atoms with Crippen molar-refractivity contribution >= 4 is 11.8 Å². The molecule has 0 spiro atoms. The second-order valence-electron chi connectivity index (χ2n) is 7.56. The SMILES string of the molecule is CCCCCC1CCC(c2ccc(C(=O)CCC(=O)OCC)cc2)CC1. The number of rotatable bonds is 10. The number of unbranched alkanes of at least 4 members (excludes halogenated alkanes) is 2. The highest BCUT2D eigenvalue weighted by Gasteiger charge is 2.22. The van der Waals surface area contributed by atoms with Gasteiger partial charge in [-0.05, 0) is 50.0 Å². The summed E-state index contributed by atoms with van der Waals surface area (Å²) in [4.78, 5) is 23.6. The molecule has 1 aliphatic rings. The van der Waals surface area contributed by atoms with Crippen LogP contribution in [-0.2, 0) is 9.53 Å². The zero-order valence-electron chi connectivity index (χ0n) is 16.5. The lowest BCUT2D eigenvalue weighted by molar-refractivity contribution is -0.143. The van der Waals surface area contributed by atoms with E-state index in [1.807, 2.05) is 12.1 Å². The fourth-order valence-corrected chi connectivity index (χ4v) is 4.00. The summed E-state index contributed by atoms with van der Waals surface area (Å²) in [7, 11) is 0. The molecule has 1 aromatic carbocycles. The van der Waals surface area contributed by atoms with Crippen molar-refractivity contribution in [2.75, 3.05) is 6.61 Å². The molecule has 0 aliphatic heterocycles. The van der Waals surface area contributed by atoms with Crippen molar-refractivity contribution in [2.24, 2.45) is 5.92 Å². The summed E-state index contributed by atoms with van der Waals surface area (Å²) in [5.74, 6) is 1.28. The summed E-state index contributed by atoms with van der Waals surface area (Å²) in [6.07, 6.45) is 11.1. The molecule has 3 heteroatoms. The Kier molecular flexibility index (Phi) is 8.87. The summed E-state index contributed by atoms with van der Waals surface area (Å²) in [6, 6.07) is 8.08. The highest BCUT2D eigenvalue weighted by molar-refractivity contribution is 5.97. The van der Waals surface area contributed by atoms with Crippen LogP contribution in [0, 0.1) is 5.92 Å². The molecule has 1 aliphatic carbocycles. The Bertz CT molecular complexity index is 553. The Hall–Kier alpha value is -1.64. The maximum atomic E-state index is 12.2. The van der Waals surface area contributed by atoms with Crippen LogP contribution < -0.4 is 0 Å². The molecule has 0 saturated heterocycles. The van der Waals surface area contributed by atoms with Gasteiger partial charge in [-0.15, -0.1) is 0 Å². The van der Waals surface area contributed by atoms with Crippen LogP contribution >= 0.6 is 0 Å². The lowest BCUT2D eigenvalue weighted by Gasteiger charge is -2.29. The van der Waals surface area contributed by atoms with Crippen molar-refractivity contribution < 1.29 is 14.3 Å². The zero-order chi connectivity index (χ0) is 18.8. The smallest absolute Gasteiger partial charge is 0.306 e. The summed E-state index contributed by atoms with van der Waals surface area (Å²) >= 11 is 0. The Morgan fingerprint density at radius 3 is 2.27 bits per heavy atom. The van der Waals surface area contributed by atoms with E-state index in [9.17, 15) is 9.59 Å². The van der Waals surface area contributed by atoms with Gasteiger partial charge in [-0.2, -0.15) is 0 Å². The first-order valence-corrected chi connectivity index (χ1v) is 10.4. The molecule has 0 aromatic heterocycles. The Morgan fingerprint density at radius 1 is 0.962 bits per heavy atom. The molecule has 1 saturated carbocycles. The van der Waals surface area contributed by atoms with Crippen LogP contribution in [0.1, 0.15) is 99.9 Å². The van der Waals surface area contributed by atoms with Gasteiger partial charge in [-0.25, -0.2) is 0 Å². The Labute approximate surface area is 158 Å². The van der Waals surface area contributed by atoms with Crippen molar-refractivity contribution in [3.63, 3.8) is 0 Å². The van der Waals surface area contributed by atoms with Crippen LogP contribution in [0.25, 0.3) is 0 Å². The van der Waals surface area contributed by atoms with Gasteiger partial charge in [-0.1, -0.05) is 56.9 Å². The number of Topliss-reactive ketones (excluding diaryl/α,β-unsaturated/α-hetero) is 1. The van der Waals surface area contributed by atoms with E-state index in [1.54, 1.807) is 6.92 Å². The molecule has 0 N–H and O–H groups in total. The number of benzene rings is 1. The highest BCUT2D eigenvalue weighted by Crippen LogP contribution is 2.37. The summed E-state index contributed by atoms with van der Waals surface area (Å²) in [6.45, 7) is 4.40. The first-order valence-electron chi connectivity index (χ1n) is 10.4. The fourth-order valence-electron chi connectivity index (χ4n) is 4.00. The van der Waals surface area contributed by atoms with Crippen molar-refractivity contribution in [3.8, 4) is 0 Å². The molecule has 144 valence electrons. The van der Waals surface area contributed by atoms with E-state index < -0.39 is 0 Å². The predicted molar refractivity (Wildman–Crippen MR) is 105 cm³/mol. The van der Waals surface area contributed by atoms with Crippen LogP contribution in [0.2, 0.25) is 0 Å². The van der Waals surface area contributed by atoms with Gasteiger partial charge in [-0.3, -0.25) is 9.59 Å². The summed E-state index contributed by atoms with van der Waals surface area (Å²) in [5.41, 5.74) is 2.06. The molecule has 0 atom stereocenters. The normalized spacial score (nSPS) is 19.9. The molecular weight excluding hydrogens is 324 g/mol. The summed E-state index contributed by atoms with van der Waals surface area (Å²) in [5, 5.41) is 0. The molecule has 0 radical (unpaired) electrons. The second-order valence-corrected chi connectivity index (χ2v) is 7.56. The standard InChI is InChI=1S/C23H34O3/c1-3-5-6-7-18-8-10-19(11-9-18)20-12-14-21(15-13-20)22(24)16-17-23(25)26-4-2/h12-15,18-19H,3-11,16-17H2,1-2H3. The van der Waals surface area contributed by atoms with E-state index in [1.165, 1.54) is 56.9 Å². The molecule has 0 amide bonds. The third-order valence-corrected chi connectivity index (χ3v) is 5.63. The quantitative estimate of drug-likeness (QED) is 0.290. The van der Waals surface area contributed by atoms with Gasteiger partial charge in [0.2, 0.25) is 0 Å². The highest BCUT2D eigenvalue weighted by atomic mass is 16.5. The van der Waals surface area contributed by atoms with Gasteiger partial charge in [0.05, 0.1) is 13.0 Å². The average molecular weight is 359 g/mol. The molecule has 2 rings (SSSR count). The van der Waals surface area contributed by atoms with Gasteiger partial charge in [0.1, 0.15) is 0 Å². The van der Waals surface area contributed by atoms with Gasteiger partial charge < -0.3 is 4.74 Å². The van der Waals surface area contributed by atoms with Gasteiger partial charge in [0.15, 0.2) is 5.78 Å². The van der Waals surface area contributed by atoms with Crippen molar-refractivity contribution in [1.29, 1.82) is 0 Å². The molecule has 3 nitrogen and oxygen atoms in total. The van der Waals surface area contributed by atoms with Crippen LogP contribution in [0.3, 0.4) is 0 Å². The molecule has 1 fully saturated rings. The maximum absolute atomic E-state index is 12.2. The van der Waals surface area contributed by atoms with Crippen LogP contribution in [0.15, 0.2) is 24.3 Å². The van der Waals surface area contributed by atoms with E-state index >= 15 is 0 Å². The van der Waals surface area contributed by atoms with Crippen LogP contribution in [0.4, 0.5) is 0 Å². The van der Waals surface area contributed by atoms with Gasteiger partial charge >= 0.3 is 5.97 Å². The minimum Gasteiger partial charge on any atom is -0.466 e. The number of ketones is 1. The van der Waals surface area contributed by atoms with E-state index in [2.05, 4.69) is 19.1 Å². The number of esters is 1. The number of carbonyl (C=O) groups excluding carboxylic acids is 2. The number of carbonyl (C=O) groups is 2. The lowest BCUT2D eigenvalue weighted by Crippen LogP contribution is -2.13. The van der Waals surface area contributed by atoms with E-state index in [0.29, 0.717) is 18.1 Å². The van der Waals surface area contributed by atoms with Crippen LogP contribution in [0.5, 0.6) is 0 Å². The van der Waals surface area contributed by atoms with Crippen LogP contribution in [-0.4, -0.2) is 18.4 Å². The minimum atomic E-state index is -0.298. The second kappa shape index (κ2) is 11.2. The molecule has 0 heterocycles. The average Bonchev–Trinajstić information content (AvgIpc) is 2.67. The van der Waals surface area contributed by atoms with Crippen molar-refractivity contribution in [1.82, 2.24) is 0 Å². The zero-order valence-corrected chi connectivity index (χ0v) is 16.5. The van der Waals surface area contributed by atoms with E-state index in [0.717, 1.165) is 5.92 Å². The summed E-state index contributed by atoms with van der Waals surface area (Å²) < 4.78 is 4.87. The molecular formula is C23H34O3. The molecule has 26 heavy (non-hydrogen) atoms. The third kappa shape index (κ3) is 6.59. The monoisotopic (exact) mass is 358 g/mol. The first kappa shape index (κ1) is 20.7. The molecule has 0 bridgehead atoms. The maximum Gasteiger partial charge on any atom is 0.306 e. The Balaban J connectivity index is 1.78. The fraction of sp³-hybridized carbons (Fsp3) is 0.652. The largest absolute Gasteiger partial charge is 0.466 e. The van der Waals surface area contributed by atoms with E-state index in [4.69, 9.17) is 4.74 Å². The molecule has 1 aromatic rings. The van der Waals surface area contributed by atoms with E-state index in [-0.39, 0.29) is 24.6 Å². The Morgan fingerprint density at radius 2 is 1.65 bits per heavy atom. The minimum absolute atomic E-state index is 0.0178. The van der Waals surface area contributed by atoms with Gasteiger partial charge in [0, 0.05) is 12.0 Å². The number of ether oxygens (including phenoxy) is 1. The van der Waals surface area contributed by atoms with Gasteiger partial charge in [0.25, 0.3) is 0 Å². The molecule has 0 unspecified atom stereocenters. The van der Waals surface area contributed by atoms with Crippen molar-refractivity contribution in [3.05, 3.63) is 35.4 Å². The predicted octanol–water partition coefficient (Wildman–Crippen LogP) is 6.07. The third-order valence-electron chi connectivity index (χ3n) is 5.63.